The summed E-state index contributed by atoms with van der Waals surface area (Å²) in [5.41, 5.74) is 5.82. The second kappa shape index (κ2) is 7.91. The van der Waals surface area contributed by atoms with Gasteiger partial charge in [0.1, 0.15) is 6.10 Å². The summed E-state index contributed by atoms with van der Waals surface area (Å²) < 4.78 is 12.5. The topological polar surface area (TPSA) is 85.6 Å². The number of amides is 1. The normalized spacial score (nSPS) is 44.4. The lowest BCUT2D eigenvalue weighted by Crippen LogP contribution is -2.49. The third kappa shape index (κ3) is 3.87. The van der Waals surface area contributed by atoms with Crippen molar-refractivity contribution in [2.45, 2.75) is 81.8 Å². The van der Waals surface area contributed by atoms with Crippen molar-refractivity contribution < 1.29 is 14.3 Å². The summed E-state index contributed by atoms with van der Waals surface area (Å²) in [6, 6.07) is 0.256. The van der Waals surface area contributed by atoms with Crippen molar-refractivity contribution >= 4 is 5.91 Å². The summed E-state index contributed by atoms with van der Waals surface area (Å²) in [6.07, 6.45) is 9.16. The molecule has 0 aromatic carbocycles. The van der Waals surface area contributed by atoms with Crippen LogP contribution in [0.3, 0.4) is 0 Å². The van der Waals surface area contributed by atoms with Crippen molar-refractivity contribution in [3.05, 3.63) is 0 Å². The van der Waals surface area contributed by atoms with Gasteiger partial charge < -0.3 is 25.8 Å². The maximum atomic E-state index is 12.6. The average molecular weight is 351 g/mol. The van der Waals surface area contributed by atoms with Crippen molar-refractivity contribution in [3.63, 3.8) is 0 Å². The van der Waals surface area contributed by atoms with E-state index in [0.29, 0.717) is 18.4 Å². The molecule has 3 aliphatic heterocycles. The molecule has 4 aliphatic rings. The van der Waals surface area contributed by atoms with Gasteiger partial charge >= 0.3 is 0 Å². The van der Waals surface area contributed by atoms with E-state index in [2.05, 4.69) is 10.6 Å². The van der Waals surface area contributed by atoms with Crippen LogP contribution in [-0.4, -0.2) is 56.0 Å². The maximum Gasteiger partial charge on any atom is 0.249 e. The largest absolute Gasteiger partial charge is 0.373 e. The van der Waals surface area contributed by atoms with Gasteiger partial charge in [-0.25, -0.2) is 0 Å². The average Bonchev–Trinajstić information content (AvgIpc) is 3.29. The summed E-state index contributed by atoms with van der Waals surface area (Å²) >= 11 is 0. The van der Waals surface area contributed by atoms with Crippen LogP contribution in [0.2, 0.25) is 0 Å². The molecule has 0 bridgehead atoms. The van der Waals surface area contributed by atoms with E-state index in [-0.39, 0.29) is 36.4 Å². The first-order valence-electron chi connectivity index (χ1n) is 10.3. The Kier molecular flexibility index (Phi) is 5.60. The Balaban J connectivity index is 1.31. The molecule has 1 saturated carbocycles. The van der Waals surface area contributed by atoms with Crippen LogP contribution in [0, 0.1) is 11.8 Å². The lowest BCUT2D eigenvalue weighted by Gasteiger charge is -2.36. The van der Waals surface area contributed by atoms with E-state index >= 15 is 0 Å². The van der Waals surface area contributed by atoms with Gasteiger partial charge in [-0.3, -0.25) is 4.79 Å². The number of rotatable bonds is 4. The van der Waals surface area contributed by atoms with Crippen molar-refractivity contribution in [1.29, 1.82) is 0 Å². The Morgan fingerprint density at radius 1 is 1.12 bits per heavy atom. The van der Waals surface area contributed by atoms with Gasteiger partial charge in [0, 0.05) is 25.0 Å². The number of carbonyl (C=O) groups excluding carboxylic acids is 1. The van der Waals surface area contributed by atoms with Crippen LogP contribution in [0.5, 0.6) is 0 Å². The Bertz CT molecular complexity index is 469. The smallest absolute Gasteiger partial charge is 0.249 e. The molecule has 6 unspecified atom stereocenters. The third-order valence-electron chi connectivity index (χ3n) is 6.64. The molecule has 4 fully saturated rings. The van der Waals surface area contributed by atoms with E-state index in [9.17, 15) is 4.79 Å². The first-order valence-corrected chi connectivity index (χ1v) is 10.3. The van der Waals surface area contributed by atoms with E-state index in [4.69, 9.17) is 15.2 Å². The zero-order valence-electron chi connectivity index (χ0n) is 15.1. The predicted molar refractivity (Wildman–Crippen MR) is 95.1 cm³/mol. The fraction of sp³-hybridized carbons (Fsp3) is 0.947. The predicted octanol–water partition coefficient (Wildman–Crippen LogP) is 0.935. The lowest BCUT2D eigenvalue weighted by atomic mass is 9.75. The van der Waals surface area contributed by atoms with Gasteiger partial charge in [0.2, 0.25) is 5.91 Å². The highest BCUT2D eigenvalue weighted by molar-refractivity contribution is 5.81. The second-order valence-electron chi connectivity index (χ2n) is 8.34. The van der Waals surface area contributed by atoms with E-state index in [0.717, 1.165) is 51.6 Å². The molecule has 4 N–H and O–H groups in total. The fourth-order valence-corrected chi connectivity index (χ4v) is 5.36. The molecule has 25 heavy (non-hydrogen) atoms. The number of hydrogen-bond donors (Lipinski definition) is 3. The Labute approximate surface area is 150 Å². The molecule has 4 rings (SSSR count). The molecule has 1 amide bonds. The number of carbonyl (C=O) groups is 1. The van der Waals surface area contributed by atoms with Gasteiger partial charge in [0.15, 0.2) is 0 Å². The van der Waals surface area contributed by atoms with E-state index in [1.807, 2.05) is 0 Å². The van der Waals surface area contributed by atoms with E-state index < -0.39 is 0 Å². The van der Waals surface area contributed by atoms with Crippen LogP contribution in [0.4, 0.5) is 0 Å². The van der Waals surface area contributed by atoms with Crippen molar-refractivity contribution in [1.82, 2.24) is 10.6 Å². The number of ether oxygens (including phenoxy) is 2. The van der Waals surface area contributed by atoms with Crippen LogP contribution in [0.25, 0.3) is 0 Å². The highest BCUT2D eigenvalue weighted by Gasteiger charge is 2.47. The van der Waals surface area contributed by atoms with Crippen LogP contribution in [0.15, 0.2) is 0 Å². The minimum atomic E-state index is -0.279. The quantitative estimate of drug-likeness (QED) is 0.702. The molecule has 3 heterocycles. The minimum Gasteiger partial charge on any atom is -0.373 e. The number of piperidine rings is 1. The molecule has 6 heteroatoms. The molecule has 6 nitrogen and oxygen atoms in total. The fourth-order valence-electron chi connectivity index (χ4n) is 5.36. The number of fused-ring (bicyclic) bond motifs is 1. The maximum absolute atomic E-state index is 12.6. The lowest BCUT2D eigenvalue weighted by molar-refractivity contribution is -0.137. The van der Waals surface area contributed by atoms with Crippen LogP contribution in [-0.2, 0) is 14.3 Å². The molecule has 142 valence electrons. The molecule has 0 aromatic heterocycles. The molecule has 1 aliphatic carbocycles. The van der Waals surface area contributed by atoms with Crippen LogP contribution >= 0.6 is 0 Å². The molecular weight excluding hydrogens is 318 g/mol. The number of nitrogens with two attached hydrogens (primary N) is 1. The van der Waals surface area contributed by atoms with Gasteiger partial charge in [-0.05, 0) is 57.4 Å². The molecular formula is C19H33N3O3. The number of nitrogens with one attached hydrogen (secondary N) is 2. The monoisotopic (exact) mass is 351 g/mol. The van der Waals surface area contributed by atoms with Gasteiger partial charge in [-0.2, -0.15) is 0 Å². The Morgan fingerprint density at radius 3 is 2.84 bits per heavy atom. The zero-order valence-corrected chi connectivity index (χ0v) is 15.1. The van der Waals surface area contributed by atoms with Gasteiger partial charge in [-0.1, -0.05) is 6.42 Å². The standard InChI is InChI=1S/C19H33N3O3/c20-10-14-9-12-3-1-5-15(18(12)24-14)16-6-7-17(25-16)19(23)22-13-4-2-8-21-11-13/h12-18,21H,1-11,20H2,(H,22,23)/t12?,13?,14-,15?,16?,17?,18?/m0/s1. The van der Waals surface area contributed by atoms with Crippen LogP contribution in [0.1, 0.15) is 51.4 Å². The van der Waals surface area contributed by atoms with Gasteiger partial charge in [-0.15, -0.1) is 0 Å². The SMILES string of the molecule is NC[C@@H]1CC2CCCC(C3CCC(C(=O)NC4CCCNC4)O3)C2O1. The summed E-state index contributed by atoms with van der Waals surface area (Å²) in [5.74, 6) is 1.15. The Hall–Kier alpha value is -0.690. The highest BCUT2D eigenvalue weighted by Crippen LogP contribution is 2.44. The van der Waals surface area contributed by atoms with Crippen LogP contribution < -0.4 is 16.4 Å². The first-order chi connectivity index (χ1) is 12.2. The van der Waals surface area contributed by atoms with E-state index in [1.54, 1.807) is 0 Å². The van der Waals surface area contributed by atoms with Crippen molar-refractivity contribution in [2.75, 3.05) is 19.6 Å². The molecule has 3 saturated heterocycles. The first kappa shape index (κ1) is 17.7. The number of hydrogen-bond acceptors (Lipinski definition) is 5. The zero-order chi connectivity index (χ0) is 17.2. The summed E-state index contributed by atoms with van der Waals surface area (Å²) in [5, 5.41) is 6.52. The van der Waals surface area contributed by atoms with Gasteiger partial charge in [0.25, 0.3) is 0 Å². The van der Waals surface area contributed by atoms with E-state index in [1.165, 1.54) is 12.8 Å². The summed E-state index contributed by atoms with van der Waals surface area (Å²) in [6.45, 7) is 2.55. The molecule has 0 spiro atoms. The summed E-state index contributed by atoms with van der Waals surface area (Å²) in [4.78, 5) is 12.6. The highest BCUT2D eigenvalue weighted by atomic mass is 16.5. The third-order valence-corrected chi connectivity index (χ3v) is 6.64. The second-order valence-corrected chi connectivity index (χ2v) is 8.34. The van der Waals surface area contributed by atoms with Crippen molar-refractivity contribution in [3.8, 4) is 0 Å². The van der Waals surface area contributed by atoms with Gasteiger partial charge in [0.05, 0.1) is 18.3 Å². The Morgan fingerprint density at radius 2 is 2.04 bits per heavy atom. The van der Waals surface area contributed by atoms with Crippen molar-refractivity contribution in [2.24, 2.45) is 17.6 Å². The molecule has 7 atom stereocenters. The summed E-state index contributed by atoms with van der Waals surface area (Å²) in [7, 11) is 0. The minimum absolute atomic E-state index is 0.0794. The molecule has 0 radical (unpaired) electrons. The molecule has 0 aromatic rings.